The van der Waals surface area contributed by atoms with Gasteiger partial charge in [-0.05, 0) is 44.2 Å². The summed E-state index contributed by atoms with van der Waals surface area (Å²) in [4.78, 5) is 48.5. The standard InChI is InChI=1S/C33H47N3O4S/c1-4-7-13-22-34(20-5-2)32(40)29-33-19-18-26(41-33)27(28(33)31(39)36(29)23-14-8-9-15-24-37)30(38)35(21-6-3)25-16-11-10-12-17-25/h5-6,10-12,16-17,26-29,37H,2-4,7-9,13-15,18-24H2,1H3/t26-,27+,28-,29?,33?/m0/s1. The number of anilines is 1. The largest absolute Gasteiger partial charge is 0.396 e. The minimum Gasteiger partial charge on any atom is -0.396 e. The first-order valence-electron chi connectivity index (χ1n) is 15.4. The van der Waals surface area contributed by atoms with Crippen LogP contribution in [0.5, 0.6) is 0 Å². The molecule has 8 heteroatoms. The lowest BCUT2D eigenvalue weighted by Gasteiger charge is -2.37. The number of aliphatic hydroxyl groups excluding tert-OH is 1. The van der Waals surface area contributed by atoms with Crippen molar-refractivity contribution in [1.82, 2.24) is 9.80 Å². The number of aliphatic hydroxyl groups is 1. The third-order valence-electron chi connectivity index (χ3n) is 8.96. The molecular weight excluding hydrogens is 534 g/mol. The smallest absolute Gasteiger partial charge is 0.247 e. The summed E-state index contributed by atoms with van der Waals surface area (Å²) in [5.74, 6) is -1.07. The van der Waals surface area contributed by atoms with Gasteiger partial charge < -0.3 is 19.8 Å². The fourth-order valence-corrected chi connectivity index (χ4v) is 9.32. The number of para-hydroxylation sites is 1. The Morgan fingerprint density at radius 1 is 1.05 bits per heavy atom. The number of carbonyl (C=O) groups is 3. The van der Waals surface area contributed by atoms with Crippen molar-refractivity contribution in [1.29, 1.82) is 0 Å². The quantitative estimate of drug-likeness (QED) is 0.206. The van der Waals surface area contributed by atoms with Crippen LogP contribution >= 0.6 is 11.8 Å². The molecule has 1 aromatic carbocycles. The van der Waals surface area contributed by atoms with E-state index in [0.29, 0.717) is 26.2 Å². The van der Waals surface area contributed by atoms with E-state index in [2.05, 4.69) is 20.1 Å². The van der Waals surface area contributed by atoms with Gasteiger partial charge in [-0.2, -0.15) is 0 Å². The molecule has 4 rings (SSSR count). The minimum absolute atomic E-state index is 0.000493. The van der Waals surface area contributed by atoms with Gasteiger partial charge in [0.1, 0.15) is 6.04 Å². The maximum atomic E-state index is 14.4. The van der Waals surface area contributed by atoms with Gasteiger partial charge in [0, 0.05) is 43.7 Å². The normalized spacial score (nSPS) is 26.2. The SMILES string of the molecule is C=CCN(CCCCC)C(=O)C1N(CCCCCCO)C(=O)[C@@H]2[C@H](C(=O)N(CC=C)c3ccccc3)[C@@H]3CCC12S3. The van der Waals surface area contributed by atoms with E-state index in [0.717, 1.165) is 63.5 Å². The van der Waals surface area contributed by atoms with Crippen molar-refractivity contribution in [2.75, 3.05) is 37.7 Å². The van der Waals surface area contributed by atoms with Crippen molar-refractivity contribution in [3.8, 4) is 0 Å². The first-order chi connectivity index (χ1) is 19.9. The fraction of sp³-hybridized carbons (Fsp3) is 0.606. The Labute approximate surface area is 250 Å². The highest BCUT2D eigenvalue weighted by Crippen LogP contribution is 2.66. The fourth-order valence-electron chi connectivity index (χ4n) is 7.11. The summed E-state index contributed by atoms with van der Waals surface area (Å²) in [6, 6.07) is 9.02. The van der Waals surface area contributed by atoms with E-state index in [1.165, 1.54) is 0 Å². The predicted octanol–water partition coefficient (Wildman–Crippen LogP) is 5.05. The number of unbranched alkanes of at least 4 members (excludes halogenated alkanes) is 5. The predicted molar refractivity (Wildman–Crippen MR) is 167 cm³/mol. The Kier molecular flexibility index (Phi) is 11.1. The highest BCUT2D eigenvalue weighted by Gasteiger charge is 2.74. The van der Waals surface area contributed by atoms with Crippen molar-refractivity contribution in [3.05, 3.63) is 55.6 Å². The van der Waals surface area contributed by atoms with Crippen LogP contribution in [0.25, 0.3) is 0 Å². The number of carbonyl (C=O) groups excluding carboxylic acids is 3. The number of benzene rings is 1. The second-order valence-electron chi connectivity index (χ2n) is 11.6. The zero-order valence-corrected chi connectivity index (χ0v) is 25.4. The van der Waals surface area contributed by atoms with Gasteiger partial charge in [0.05, 0.1) is 16.6 Å². The Balaban J connectivity index is 1.67. The van der Waals surface area contributed by atoms with Crippen LogP contribution in [-0.2, 0) is 14.4 Å². The topological polar surface area (TPSA) is 81.2 Å². The summed E-state index contributed by atoms with van der Waals surface area (Å²) < 4.78 is -0.592. The highest BCUT2D eigenvalue weighted by molar-refractivity contribution is 8.02. The van der Waals surface area contributed by atoms with Gasteiger partial charge in [-0.1, -0.05) is 63.0 Å². The van der Waals surface area contributed by atoms with Gasteiger partial charge in [0.25, 0.3) is 0 Å². The van der Waals surface area contributed by atoms with Crippen LogP contribution in [-0.4, -0.2) is 81.5 Å². The molecular formula is C33H47N3O4S. The average Bonchev–Trinajstić information content (AvgIpc) is 3.62. The molecule has 2 bridgehead atoms. The summed E-state index contributed by atoms with van der Waals surface area (Å²) in [6.07, 6.45) is 11.4. The van der Waals surface area contributed by atoms with Crippen LogP contribution in [0.1, 0.15) is 64.7 Å². The van der Waals surface area contributed by atoms with E-state index in [4.69, 9.17) is 0 Å². The molecule has 3 aliphatic rings. The molecule has 41 heavy (non-hydrogen) atoms. The number of amides is 3. The zero-order chi connectivity index (χ0) is 29.4. The lowest BCUT2D eigenvalue weighted by molar-refractivity contribution is -0.142. The van der Waals surface area contributed by atoms with Gasteiger partial charge in [0.15, 0.2) is 0 Å². The molecule has 1 aromatic rings. The molecule has 5 atom stereocenters. The number of thioether (sulfide) groups is 1. The summed E-state index contributed by atoms with van der Waals surface area (Å²) in [6.45, 7) is 12.1. The molecule has 0 aromatic heterocycles. The Bertz CT molecular complexity index is 1080. The number of rotatable bonds is 17. The molecule has 0 aliphatic carbocycles. The van der Waals surface area contributed by atoms with Crippen molar-refractivity contribution in [2.45, 2.75) is 80.7 Å². The molecule has 3 saturated heterocycles. The zero-order valence-electron chi connectivity index (χ0n) is 24.6. The van der Waals surface area contributed by atoms with Gasteiger partial charge in [-0.25, -0.2) is 0 Å². The number of hydrogen-bond donors (Lipinski definition) is 1. The number of fused-ring (bicyclic) bond motifs is 1. The molecule has 0 saturated carbocycles. The maximum Gasteiger partial charge on any atom is 0.247 e. The lowest BCUT2D eigenvalue weighted by atomic mass is 9.70. The molecule has 3 aliphatic heterocycles. The highest BCUT2D eigenvalue weighted by atomic mass is 32.2. The molecule has 3 heterocycles. The van der Waals surface area contributed by atoms with Crippen LogP contribution in [0.4, 0.5) is 5.69 Å². The van der Waals surface area contributed by atoms with E-state index in [1.54, 1.807) is 28.8 Å². The molecule has 3 fully saturated rings. The van der Waals surface area contributed by atoms with E-state index < -0.39 is 22.6 Å². The summed E-state index contributed by atoms with van der Waals surface area (Å²) in [5.41, 5.74) is 0.797. The van der Waals surface area contributed by atoms with Gasteiger partial charge in [-0.15, -0.1) is 24.9 Å². The van der Waals surface area contributed by atoms with E-state index >= 15 is 0 Å². The molecule has 1 N–H and O–H groups in total. The Morgan fingerprint density at radius 3 is 2.46 bits per heavy atom. The Morgan fingerprint density at radius 2 is 1.78 bits per heavy atom. The van der Waals surface area contributed by atoms with E-state index in [1.807, 2.05) is 40.1 Å². The van der Waals surface area contributed by atoms with Gasteiger partial charge in [0.2, 0.25) is 17.7 Å². The van der Waals surface area contributed by atoms with Crippen molar-refractivity contribution in [3.63, 3.8) is 0 Å². The lowest BCUT2D eigenvalue weighted by Crippen LogP contribution is -2.55. The monoisotopic (exact) mass is 581 g/mol. The third kappa shape index (κ3) is 6.29. The van der Waals surface area contributed by atoms with Gasteiger partial charge in [-0.3, -0.25) is 14.4 Å². The number of likely N-dealkylation sites (tertiary alicyclic amines) is 1. The van der Waals surface area contributed by atoms with Crippen LogP contribution in [0.3, 0.4) is 0 Å². The third-order valence-corrected chi connectivity index (χ3v) is 10.9. The molecule has 3 amide bonds. The number of hydrogen-bond acceptors (Lipinski definition) is 5. The van der Waals surface area contributed by atoms with Crippen molar-refractivity contribution >= 4 is 35.2 Å². The summed E-state index contributed by atoms with van der Waals surface area (Å²) >= 11 is 1.73. The number of nitrogens with zero attached hydrogens (tertiary/aromatic N) is 3. The summed E-state index contributed by atoms with van der Waals surface area (Å²) in [7, 11) is 0. The minimum atomic E-state index is -0.592. The molecule has 7 nitrogen and oxygen atoms in total. The van der Waals surface area contributed by atoms with Gasteiger partial charge >= 0.3 is 0 Å². The molecule has 1 spiro atoms. The maximum absolute atomic E-state index is 14.4. The van der Waals surface area contributed by atoms with Crippen LogP contribution in [0.15, 0.2) is 55.6 Å². The van der Waals surface area contributed by atoms with Crippen LogP contribution < -0.4 is 4.90 Å². The molecule has 0 radical (unpaired) electrons. The van der Waals surface area contributed by atoms with E-state index in [9.17, 15) is 19.5 Å². The van der Waals surface area contributed by atoms with Crippen LogP contribution in [0, 0.1) is 11.8 Å². The second kappa shape index (κ2) is 14.5. The first kappa shape index (κ1) is 31.4. The molecule has 224 valence electrons. The molecule has 2 unspecified atom stereocenters. The van der Waals surface area contributed by atoms with Crippen LogP contribution in [0.2, 0.25) is 0 Å². The van der Waals surface area contributed by atoms with Crippen molar-refractivity contribution < 1.29 is 19.5 Å². The Hall–Kier alpha value is -2.58. The second-order valence-corrected chi connectivity index (χ2v) is 13.2. The summed E-state index contributed by atoms with van der Waals surface area (Å²) in [5, 5.41) is 9.21. The average molecular weight is 582 g/mol. The van der Waals surface area contributed by atoms with Crippen molar-refractivity contribution in [2.24, 2.45) is 11.8 Å². The first-order valence-corrected chi connectivity index (χ1v) is 16.3. The van der Waals surface area contributed by atoms with E-state index in [-0.39, 0.29) is 29.6 Å².